The molecule has 0 unspecified atom stereocenters. The topological polar surface area (TPSA) is 72.3 Å². The van der Waals surface area contributed by atoms with Crippen molar-refractivity contribution in [3.63, 3.8) is 0 Å². The van der Waals surface area contributed by atoms with Crippen molar-refractivity contribution in [1.29, 1.82) is 0 Å². The number of hydrogen-bond donors (Lipinski definition) is 1. The Morgan fingerprint density at radius 1 is 1.41 bits per heavy atom. The first-order chi connectivity index (χ1) is 10.4. The SMILES string of the molecule is COc1cc(OC(F)(F)F)ccc1C=NN=C1NC(=O)CS1. The van der Waals surface area contributed by atoms with Crippen LogP contribution < -0.4 is 14.8 Å². The number of thioether (sulfide) groups is 1. The second-order valence-corrected chi connectivity index (χ2v) is 4.90. The molecule has 0 radical (unpaired) electrons. The zero-order valence-electron chi connectivity index (χ0n) is 11.2. The molecular weight excluding hydrogens is 323 g/mol. The van der Waals surface area contributed by atoms with E-state index in [4.69, 9.17) is 4.74 Å². The Labute approximate surface area is 127 Å². The second-order valence-electron chi connectivity index (χ2n) is 3.94. The normalized spacial score (nSPS) is 17.1. The molecule has 1 aliphatic heterocycles. The van der Waals surface area contributed by atoms with Gasteiger partial charge in [0.15, 0.2) is 5.17 Å². The van der Waals surface area contributed by atoms with Gasteiger partial charge in [0, 0.05) is 11.6 Å². The van der Waals surface area contributed by atoms with Gasteiger partial charge in [0.05, 0.1) is 19.1 Å². The molecular formula is C12H10F3N3O3S. The van der Waals surface area contributed by atoms with Crippen molar-refractivity contribution in [2.45, 2.75) is 6.36 Å². The second kappa shape index (κ2) is 6.69. The summed E-state index contributed by atoms with van der Waals surface area (Å²) in [6.45, 7) is 0. The van der Waals surface area contributed by atoms with Crippen molar-refractivity contribution in [2.24, 2.45) is 10.2 Å². The van der Waals surface area contributed by atoms with E-state index >= 15 is 0 Å². The summed E-state index contributed by atoms with van der Waals surface area (Å²) in [5, 5.41) is 10.4. The first kappa shape index (κ1) is 16.1. The lowest BCUT2D eigenvalue weighted by Gasteiger charge is -2.11. The van der Waals surface area contributed by atoms with Crippen LogP contribution in [0.3, 0.4) is 0 Å². The first-order valence-electron chi connectivity index (χ1n) is 5.85. The smallest absolute Gasteiger partial charge is 0.496 e. The number of hydrogen-bond acceptors (Lipinski definition) is 6. The zero-order valence-corrected chi connectivity index (χ0v) is 12.0. The molecule has 1 amide bonds. The van der Waals surface area contributed by atoms with Gasteiger partial charge in [-0.25, -0.2) is 0 Å². The fourth-order valence-electron chi connectivity index (χ4n) is 1.52. The number of amidine groups is 1. The lowest BCUT2D eigenvalue weighted by Crippen LogP contribution is -2.19. The number of nitrogens with zero attached hydrogens (tertiary/aromatic N) is 2. The number of methoxy groups -OCH3 is 1. The third kappa shape index (κ3) is 4.65. The average molecular weight is 333 g/mol. The lowest BCUT2D eigenvalue weighted by atomic mass is 10.2. The number of amides is 1. The average Bonchev–Trinajstić information content (AvgIpc) is 2.84. The molecule has 0 aliphatic carbocycles. The highest BCUT2D eigenvalue weighted by molar-refractivity contribution is 8.15. The standard InChI is InChI=1S/C12H10F3N3O3S/c1-20-9-4-8(21-12(13,14)15)3-2-7(9)5-16-18-11-17-10(19)6-22-11/h2-5H,6H2,1H3,(H,17,18,19). The van der Waals surface area contributed by atoms with Gasteiger partial charge in [-0.15, -0.1) is 18.3 Å². The Balaban J connectivity index is 2.12. The highest BCUT2D eigenvalue weighted by Crippen LogP contribution is 2.28. The number of alkyl halides is 3. The Morgan fingerprint density at radius 3 is 2.77 bits per heavy atom. The number of benzene rings is 1. The zero-order chi connectivity index (χ0) is 16.2. The van der Waals surface area contributed by atoms with Crippen LogP contribution in [0.4, 0.5) is 13.2 Å². The third-order valence-corrected chi connectivity index (χ3v) is 3.23. The van der Waals surface area contributed by atoms with Gasteiger partial charge in [0.25, 0.3) is 0 Å². The monoisotopic (exact) mass is 333 g/mol. The highest BCUT2D eigenvalue weighted by Gasteiger charge is 2.31. The maximum absolute atomic E-state index is 12.1. The molecule has 10 heteroatoms. The van der Waals surface area contributed by atoms with E-state index in [9.17, 15) is 18.0 Å². The van der Waals surface area contributed by atoms with Crippen LogP contribution in [0.15, 0.2) is 28.4 Å². The Kier molecular flexibility index (Phi) is 4.91. The molecule has 0 aromatic heterocycles. The van der Waals surface area contributed by atoms with E-state index in [1.54, 1.807) is 0 Å². The molecule has 1 aromatic carbocycles. The molecule has 6 nitrogen and oxygen atoms in total. The molecule has 0 atom stereocenters. The number of carbonyl (C=O) groups excluding carboxylic acids is 1. The van der Waals surface area contributed by atoms with E-state index in [-0.39, 0.29) is 17.4 Å². The summed E-state index contributed by atoms with van der Waals surface area (Å²) in [6, 6.07) is 3.58. The minimum atomic E-state index is -4.77. The van der Waals surface area contributed by atoms with Crippen molar-refractivity contribution >= 4 is 29.1 Å². The molecule has 0 bridgehead atoms. The van der Waals surface area contributed by atoms with Gasteiger partial charge in [-0.3, -0.25) is 4.79 Å². The summed E-state index contributed by atoms with van der Waals surface area (Å²) in [5.74, 6) is -0.133. The number of rotatable bonds is 4. The third-order valence-electron chi connectivity index (χ3n) is 2.37. The predicted molar refractivity (Wildman–Crippen MR) is 75.3 cm³/mol. The molecule has 118 valence electrons. The van der Waals surface area contributed by atoms with Crippen LogP contribution in [0.2, 0.25) is 0 Å². The van der Waals surface area contributed by atoms with Crippen molar-refractivity contribution in [1.82, 2.24) is 5.32 Å². The van der Waals surface area contributed by atoms with Gasteiger partial charge in [0.1, 0.15) is 11.5 Å². The highest BCUT2D eigenvalue weighted by atomic mass is 32.2. The van der Waals surface area contributed by atoms with Crippen molar-refractivity contribution < 1.29 is 27.4 Å². The van der Waals surface area contributed by atoms with Crippen LogP contribution in [-0.2, 0) is 4.79 Å². The molecule has 1 N–H and O–H groups in total. The number of carbonyl (C=O) groups is 1. The van der Waals surface area contributed by atoms with E-state index in [0.29, 0.717) is 10.7 Å². The number of ether oxygens (including phenoxy) is 2. The van der Waals surface area contributed by atoms with Crippen molar-refractivity contribution in [3.8, 4) is 11.5 Å². The number of halogens is 3. The molecule has 1 aromatic rings. The van der Waals surface area contributed by atoms with Crippen LogP contribution in [-0.4, -0.2) is 36.5 Å². The van der Waals surface area contributed by atoms with Gasteiger partial charge in [-0.05, 0) is 12.1 Å². The van der Waals surface area contributed by atoms with Gasteiger partial charge in [0.2, 0.25) is 5.91 Å². The molecule has 22 heavy (non-hydrogen) atoms. The van der Waals surface area contributed by atoms with Gasteiger partial charge < -0.3 is 14.8 Å². The van der Waals surface area contributed by atoms with Gasteiger partial charge >= 0.3 is 6.36 Å². The van der Waals surface area contributed by atoms with E-state index < -0.39 is 12.1 Å². The van der Waals surface area contributed by atoms with Crippen LogP contribution in [0.25, 0.3) is 0 Å². The quantitative estimate of drug-likeness (QED) is 0.677. The minimum absolute atomic E-state index is 0.147. The van der Waals surface area contributed by atoms with Crippen LogP contribution in [0, 0.1) is 0 Å². The fraction of sp³-hybridized carbons (Fsp3) is 0.250. The van der Waals surface area contributed by atoms with Crippen LogP contribution >= 0.6 is 11.8 Å². The first-order valence-corrected chi connectivity index (χ1v) is 6.83. The molecule has 1 saturated heterocycles. The molecule has 0 saturated carbocycles. The molecule has 1 aliphatic rings. The molecule has 1 fully saturated rings. The maximum Gasteiger partial charge on any atom is 0.573 e. The summed E-state index contributed by atoms with van der Waals surface area (Å²) in [4.78, 5) is 10.9. The van der Waals surface area contributed by atoms with E-state index in [2.05, 4.69) is 20.3 Å². The van der Waals surface area contributed by atoms with Gasteiger partial charge in [-0.1, -0.05) is 11.8 Å². The van der Waals surface area contributed by atoms with Crippen molar-refractivity contribution in [3.05, 3.63) is 23.8 Å². The summed E-state index contributed by atoms with van der Waals surface area (Å²) in [7, 11) is 1.31. The molecule has 0 spiro atoms. The number of nitrogens with one attached hydrogen (secondary N) is 1. The molecule has 1 heterocycles. The summed E-state index contributed by atoms with van der Waals surface area (Å²) in [5.41, 5.74) is 0.413. The summed E-state index contributed by atoms with van der Waals surface area (Å²) in [6.07, 6.45) is -3.47. The summed E-state index contributed by atoms with van der Waals surface area (Å²) < 4.78 is 45.2. The Bertz CT molecular complexity index is 632. The minimum Gasteiger partial charge on any atom is -0.496 e. The maximum atomic E-state index is 12.1. The van der Waals surface area contributed by atoms with Crippen LogP contribution in [0.5, 0.6) is 11.5 Å². The molecule has 2 rings (SSSR count). The van der Waals surface area contributed by atoms with Crippen molar-refractivity contribution in [2.75, 3.05) is 12.9 Å². The summed E-state index contributed by atoms with van der Waals surface area (Å²) >= 11 is 1.20. The Hall–Kier alpha value is -2.23. The lowest BCUT2D eigenvalue weighted by molar-refractivity contribution is -0.274. The van der Waals surface area contributed by atoms with Crippen LogP contribution in [0.1, 0.15) is 5.56 Å². The van der Waals surface area contributed by atoms with E-state index in [1.165, 1.54) is 31.2 Å². The van der Waals surface area contributed by atoms with Gasteiger partial charge in [-0.2, -0.15) is 5.10 Å². The van der Waals surface area contributed by atoms with E-state index in [0.717, 1.165) is 12.1 Å². The Morgan fingerprint density at radius 2 is 2.18 bits per heavy atom. The largest absolute Gasteiger partial charge is 0.573 e. The predicted octanol–water partition coefficient (Wildman–Crippen LogP) is 2.15. The fourth-order valence-corrected chi connectivity index (χ4v) is 2.15. The van der Waals surface area contributed by atoms with E-state index in [1.807, 2.05) is 0 Å².